The average molecular weight is 293 g/mol. The number of nitrogens with one attached hydrogen (secondary N) is 1. The first-order valence-corrected chi connectivity index (χ1v) is 8.97. The largest absolute Gasteiger partial charge is 0.342 e. The van der Waals surface area contributed by atoms with Crippen molar-refractivity contribution in [3.8, 4) is 0 Å². The van der Waals surface area contributed by atoms with Crippen LogP contribution in [0.25, 0.3) is 0 Å². The van der Waals surface area contributed by atoms with Gasteiger partial charge in [0.2, 0.25) is 5.91 Å². The third kappa shape index (κ3) is 3.78. The zero-order valence-electron chi connectivity index (χ0n) is 13.5. The fourth-order valence-electron chi connectivity index (χ4n) is 4.30. The number of hydrogen-bond donors (Lipinski definition) is 1. The molecule has 21 heavy (non-hydrogen) atoms. The second kappa shape index (κ2) is 7.10. The Labute approximate surface area is 129 Å². The van der Waals surface area contributed by atoms with Gasteiger partial charge < -0.3 is 15.1 Å². The molecule has 0 aromatic rings. The predicted molar refractivity (Wildman–Crippen MR) is 85.2 cm³/mol. The molecule has 0 radical (unpaired) electrons. The molecule has 3 heterocycles. The van der Waals surface area contributed by atoms with Gasteiger partial charge in [0.15, 0.2) is 0 Å². The summed E-state index contributed by atoms with van der Waals surface area (Å²) in [5.74, 6) is 1.35. The van der Waals surface area contributed by atoms with E-state index in [4.69, 9.17) is 0 Å². The summed E-state index contributed by atoms with van der Waals surface area (Å²) in [6.07, 6.45) is 7.62. The van der Waals surface area contributed by atoms with Gasteiger partial charge in [-0.2, -0.15) is 0 Å². The van der Waals surface area contributed by atoms with Crippen molar-refractivity contribution in [1.82, 2.24) is 15.1 Å². The molecular weight excluding hydrogens is 262 g/mol. The zero-order chi connectivity index (χ0) is 14.7. The van der Waals surface area contributed by atoms with E-state index in [0.29, 0.717) is 11.8 Å². The SMILES string of the molecule is C[C@@H]1CCCCN1C[C@H]1CCCN(C(=O)[C@H]2CCNC2)C1. The average Bonchev–Trinajstić information content (AvgIpc) is 3.03. The van der Waals surface area contributed by atoms with Crippen LogP contribution in [0.5, 0.6) is 0 Å². The van der Waals surface area contributed by atoms with Crippen molar-refractivity contribution in [3.05, 3.63) is 0 Å². The minimum Gasteiger partial charge on any atom is -0.342 e. The molecule has 0 saturated carbocycles. The monoisotopic (exact) mass is 293 g/mol. The first-order chi connectivity index (χ1) is 10.2. The minimum absolute atomic E-state index is 0.248. The normalized spacial score (nSPS) is 35.1. The van der Waals surface area contributed by atoms with Crippen LogP contribution in [-0.4, -0.2) is 61.0 Å². The Morgan fingerprint density at radius 1 is 1.14 bits per heavy atom. The Bertz CT molecular complexity index is 354. The summed E-state index contributed by atoms with van der Waals surface area (Å²) in [6.45, 7) is 8.73. The number of rotatable bonds is 3. The number of hydrogen-bond acceptors (Lipinski definition) is 3. The second-order valence-electron chi connectivity index (χ2n) is 7.32. The van der Waals surface area contributed by atoms with Crippen LogP contribution in [0.3, 0.4) is 0 Å². The first kappa shape index (κ1) is 15.3. The molecule has 0 unspecified atom stereocenters. The van der Waals surface area contributed by atoms with Crippen LogP contribution in [0, 0.1) is 11.8 Å². The van der Waals surface area contributed by atoms with E-state index in [-0.39, 0.29) is 5.92 Å². The van der Waals surface area contributed by atoms with Crippen LogP contribution < -0.4 is 5.32 Å². The molecule has 0 aromatic heterocycles. The quantitative estimate of drug-likeness (QED) is 0.860. The van der Waals surface area contributed by atoms with Gasteiger partial charge in [0.25, 0.3) is 0 Å². The van der Waals surface area contributed by atoms with E-state index in [1.165, 1.54) is 45.2 Å². The van der Waals surface area contributed by atoms with E-state index in [0.717, 1.165) is 38.6 Å². The number of likely N-dealkylation sites (tertiary alicyclic amines) is 2. The van der Waals surface area contributed by atoms with Gasteiger partial charge >= 0.3 is 0 Å². The fourth-order valence-corrected chi connectivity index (χ4v) is 4.30. The molecule has 3 rings (SSSR count). The van der Waals surface area contributed by atoms with Crippen molar-refractivity contribution in [2.45, 2.75) is 51.5 Å². The highest BCUT2D eigenvalue weighted by molar-refractivity contribution is 5.79. The lowest BCUT2D eigenvalue weighted by atomic mass is 9.93. The number of carbonyl (C=O) groups excluding carboxylic acids is 1. The Hall–Kier alpha value is -0.610. The highest BCUT2D eigenvalue weighted by Gasteiger charge is 2.31. The first-order valence-electron chi connectivity index (χ1n) is 8.97. The van der Waals surface area contributed by atoms with Gasteiger partial charge in [0, 0.05) is 32.2 Å². The molecule has 120 valence electrons. The molecule has 3 aliphatic heterocycles. The van der Waals surface area contributed by atoms with Gasteiger partial charge in [0.05, 0.1) is 5.92 Å². The summed E-state index contributed by atoms with van der Waals surface area (Å²) in [7, 11) is 0. The van der Waals surface area contributed by atoms with E-state index in [1.54, 1.807) is 0 Å². The molecule has 0 aliphatic carbocycles. The molecular formula is C17H31N3O. The van der Waals surface area contributed by atoms with Gasteiger partial charge in [0.1, 0.15) is 0 Å². The zero-order valence-corrected chi connectivity index (χ0v) is 13.5. The standard InChI is InChI=1S/C17H31N3O/c1-14-5-2-3-9-19(14)12-15-6-4-10-20(13-15)17(21)16-7-8-18-11-16/h14-16,18H,2-13H2,1H3/t14-,15-,16+/m1/s1. The molecule has 0 bridgehead atoms. The summed E-state index contributed by atoms with van der Waals surface area (Å²) in [4.78, 5) is 17.4. The van der Waals surface area contributed by atoms with Crippen molar-refractivity contribution >= 4 is 5.91 Å². The minimum atomic E-state index is 0.248. The van der Waals surface area contributed by atoms with Crippen LogP contribution in [0.15, 0.2) is 0 Å². The Kier molecular flexibility index (Phi) is 5.17. The Morgan fingerprint density at radius 2 is 2.05 bits per heavy atom. The van der Waals surface area contributed by atoms with Crippen molar-refractivity contribution in [3.63, 3.8) is 0 Å². The second-order valence-corrected chi connectivity index (χ2v) is 7.32. The number of piperidine rings is 2. The highest BCUT2D eigenvalue weighted by Crippen LogP contribution is 2.24. The maximum absolute atomic E-state index is 12.6. The summed E-state index contributed by atoms with van der Waals surface area (Å²) in [5, 5.41) is 3.32. The van der Waals surface area contributed by atoms with Crippen LogP contribution >= 0.6 is 0 Å². The van der Waals surface area contributed by atoms with Crippen LogP contribution in [0.2, 0.25) is 0 Å². The summed E-state index contributed by atoms with van der Waals surface area (Å²) in [5.41, 5.74) is 0. The van der Waals surface area contributed by atoms with Gasteiger partial charge in [-0.15, -0.1) is 0 Å². The van der Waals surface area contributed by atoms with Gasteiger partial charge in [-0.25, -0.2) is 0 Å². The van der Waals surface area contributed by atoms with E-state index < -0.39 is 0 Å². The van der Waals surface area contributed by atoms with Gasteiger partial charge in [-0.3, -0.25) is 4.79 Å². The van der Waals surface area contributed by atoms with Crippen LogP contribution in [0.1, 0.15) is 45.4 Å². The molecule has 1 N–H and O–H groups in total. The van der Waals surface area contributed by atoms with E-state index in [9.17, 15) is 4.79 Å². The van der Waals surface area contributed by atoms with Crippen LogP contribution in [-0.2, 0) is 4.79 Å². The third-order valence-electron chi connectivity index (χ3n) is 5.67. The predicted octanol–water partition coefficient (Wildman–Crippen LogP) is 1.71. The Balaban J connectivity index is 1.51. The fraction of sp³-hybridized carbons (Fsp3) is 0.941. The number of carbonyl (C=O) groups is 1. The van der Waals surface area contributed by atoms with Gasteiger partial charge in [-0.1, -0.05) is 6.42 Å². The van der Waals surface area contributed by atoms with Crippen molar-refractivity contribution in [2.75, 3.05) is 39.3 Å². The molecule has 3 atom stereocenters. The number of nitrogens with zero attached hydrogens (tertiary/aromatic N) is 2. The lowest BCUT2D eigenvalue weighted by Crippen LogP contribution is -2.48. The smallest absolute Gasteiger partial charge is 0.227 e. The third-order valence-corrected chi connectivity index (χ3v) is 5.67. The maximum Gasteiger partial charge on any atom is 0.227 e. The topological polar surface area (TPSA) is 35.6 Å². The van der Waals surface area contributed by atoms with Gasteiger partial charge in [-0.05, 0) is 58.0 Å². The summed E-state index contributed by atoms with van der Waals surface area (Å²) in [6, 6.07) is 0.740. The maximum atomic E-state index is 12.6. The summed E-state index contributed by atoms with van der Waals surface area (Å²) >= 11 is 0. The Morgan fingerprint density at radius 3 is 2.81 bits per heavy atom. The lowest BCUT2D eigenvalue weighted by Gasteiger charge is -2.40. The molecule has 3 saturated heterocycles. The molecule has 0 spiro atoms. The van der Waals surface area contributed by atoms with E-state index in [2.05, 4.69) is 22.0 Å². The molecule has 4 nitrogen and oxygen atoms in total. The molecule has 3 aliphatic rings. The molecule has 1 amide bonds. The van der Waals surface area contributed by atoms with Crippen LogP contribution in [0.4, 0.5) is 0 Å². The van der Waals surface area contributed by atoms with E-state index in [1.807, 2.05) is 0 Å². The highest BCUT2D eigenvalue weighted by atomic mass is 16.2. The van der Waals surface area contributed by atoms with E-state index >= 15 is 0 Å². The van der Waals surface area contributed by atoms with Crippen molar-refractivity contribution in [2.24, 2.45) is 11.8 Å². The number of amides is 1. The summed E-state index contributed by atoms with van der Waals surface area (Å²) < 4.78 is 0. The molecule has 4 heteroatoms. The van der Waals surface area contributed by atoms with Crippen molar-refractivity contribution in [1.29, 1.82) is 0 Å². The lowest BCUT2D eigenvalue weighted by molar-refractivity contribution is -0.137. The van der Waals surface area contributed by atoms with Crippen molar-refractivity contribution < 1.29 is 4.79 Å². The molecule has 3 fully saturated rings. The molecule has 0 aromatic carbocycles.